The van der Waals surface area contributed by atoms with E-state index in [2.05, 4.69) is 27.4 Å². The molecular formula is C12H12BrNOS2. The molecule has 0 aliphatic carbocycles. The van der Waals surface area contributed by atoms with Crippen LogP contribution < -0.4 is 10.5 Å². The Balaban J connectivity index is 2.07. The Morgan fingerprint density at radius 3 is 2.88 bits per heavy atom. The van der Waals surface area contributed by atoms with E-state index >= 15 is 0 Å². The van der Waals surface area contributed by atoms with E-state index in [9.17, 15) is 0 Å². The first-order valence-electron chi connectivity index (χ1n) is 4.98. The minimum atomic E-state index is 0.796. The summed E-state index contributed by atoms with van der Waals surface area (Å²) in [5.74, 6) is 1.76. The molecule has 0 spiro atoms. The molecule has 0 bridgehead atoms. The summed E-state index contributed by atoms with van der Waals surface area (Å²) in [6.07, 6.45) is 0. The smallest absolute Gasteiger partial charge is 0.120 e. The summed E-state index contributed by atoms with van der Waals surface area (Å²) in [6, 6.07) is 7.86. The Kier molecular flexibility index (Phi) is 4.36. The van der Waals surface area contributed by atoms with Crippen molar-refractivity contribution in [3.05, 3.63) is 39.0 Å². The fourth-order valence-electron chi connectivity index (χ4n) is 1.35. The van der Waals surface area contributed by atoms with E-state index in [1.54, 1.807) is 30.2 Å². The number of benzene rings is 1. The van der Waals surface area contributed by atoms with Crippen molar-refractivity contribution in [1.29, 1.82) is 0 Å². The van der Waals surface area contributed by atoms with Gasteiger partial charge >= 0.3 is 0 Å². The molecule has 0 radical (unpaired) electrons. The van der Waals surface area contributed by atoms with Gasteiger partial charge in [-0.25, -0.2) is 0 Å². The van der Waals surface area contributed by atoms with Gasteiger partial charge in [0, 0.05) is 16.3 Å². The van der Waals surface area contributed by atoms with Gasteiger partial charge in [-0.05, 0) is 51.1 Å². The molecule has 2 rings (SSSR count). The average Bonchev–Trinajstić information content (AvgIpc) is 2.74. The molecule has 0 fully saturated rings. The molecule has 1 aromatic carbocycles. The third-order valence-electron chi connectivity index (χ3n) is 2.24. The van der Waals surface area contributed by atoms with E-state index in [0.29, 0.717) is 0 Å². The highest BCUT2D eigenvalue weighted by Crippen LogP contribution is 2.33. The molecule has 0 saturated heterocycles. The van der Waals surface area contributed by atoms with E-state index in [-0.39, 0.29) is 0 Å². The topological polar surface area (TPSA) is 35.2 Å². The van der Waals surface area contributed by atoms with Crippen molar-refractivity contribution >= 4 is 44.7 Å². The van der Waals surface area contributed by atoms with E-state index in [1.807, 2.05) is 18.2 Å². The van der Waals surface area contributed by atoms with Gasteiger partial charge in [-0.1, -0.05) is 0 Å². The second-order valence-electron chi connectivity index (χ2n) is 3.45. The van der Waals surface area contributed by atoms with Crippen molar-refractivity contribution in [2.75, 3.05) is 12.8 Å². The van der Waals surface area contributed by atoms with Crippen LogP contribution >= 0.6 is 39.0 Å². The van der Waals surface area contributed by atoms with E-state index in [0.717, 1.165) is 25.9 Å². The molecule has 1 heterocycles. The first kappa shape index (κ1) is 12.8. The molecule has 0 atom stereocenters. The van der Waals surface area contributed by atoms with Crippen LogP contribution in [0.25, 0.3) is 0 Å². The van der Waals surface area contributed by atoms with Crippen LogP contribution in [0.4, 0.5) is 5.69 Å². The third-order valence-corrected chi connectivity index (χ3v) is 4.93. The summed E-state index contributed by atoms with van der Waals surface area (Å²) < 4.78 is 6.35. The normalized spacial score (nSPS) is 10.5. The van der Waals surface area contributed by atoms with Gasteiger partial charge in [-0.2, -0.15) is 0 Å². The van der Waals surface area contributed by atoms with E-state index in [1.165, 1.54) is 5.56 Å². The predicted molar refractivity (Wildman–Crippen MR) is 79.0 cm³/mol. The Bertz CT molecular complexity index is 513. The van der Waals surface area contributed by atoms with Crippen LogP contribution in [0, 0.1) is 0 Å². The summed E-state index contributed by atoms with van der Waals surface area (Å²) in [6.45, 7) is 0. The molecule has 0 aliphatic heterocycles. The lowest BCUT2D eigenvalue weighted by atomic mass is 10.3. The second kappa shape index (κ2) is 5.80. The molecule has 2 nitrogen and oxygen atoms in total. The maximum absolute atomic E-state index is 5.93. The number of halogens is 1. The SMILES string of the molecule is COc1ccc(N)c(SCc2csc(Br)c2)c1. The molecule has 1 aromatic heterocycles. The summed E-state index contributed by atoms with van der Waals surface area (Å²) >= 11 is 6.88. The minimum Gasteiger partial charge on any atom is -0.497 e. The Labute approximate surface area is 117 Å². The first-order chi connectivity index (χ1) is 8.19. The largest absolute Gasteiger partial charge is 0.497 e. The standard InChI is InChI=1S/C12H12BrNOS2/c1-15-9-2-3-10(14)11(5-9)16-6-8-4-12(13)17-7-8/h2-5,7H,6,14H2,1H3. The number of hydrogen-bond acceptors (Lipinski definition) is 4. The summed E-state index contributed by atoms with van der Waals surface area (Å²) in [5, 5.41) is 2.15. The Morgan fingerprint density at radius 2 is 2.24 bits per heavy atom. The zero-order valence-corrected chi connectivity index (χ0v) is 12.5. The average molecular weight is 330 g/mol. The van der Waals surface area contributed by atoms with Crippen molar-refractivity contribution in [3.63, 3.8) is 0 Å². The molecule has 90 valence electrons. The van der Waals surface area contributed by atoms with Gasteiger partial charge in [0.25, 0.3) is 0 Å². The zero-order chi connectivity index (χ0) is 12.3. The maximum atomic E-state index is 5.93. The number of thioether (sulfide) groups is 1. The molecule has 0 saturated carbocycles. The Morgan fingerprint density at radius 1 is 1.41 bits per heavy atom. The van der Waals surface area contributed by atoms with Crippen LogP contribution in [0.3, 0.4) is 0 Å². The molecule has 2 N–H and O–H groups in total. The van der Waals surface area contributed by atoms with Crippen molar-refractivity contribution in [2.45, 2.75) is 10.6 Å². The number of ether oxygens (including phenoxy) is 1. The lowest BCUT2D eigenvalue weighted by molar-refractivity contribution is 0.414. The first-order valence-corrected chi connectivity index (χ1v) is 7.64. The predicted octanol–water partition coefficient (Wildman–Crippen LogP) is 4.39. The number of methoxy groups -OCH3 is 1. The van der Waals surface area contributed by atoms with Crippen LogP contribution in [0.5, 0.6) is 5.75 Å². The number of nitrogens with two attached hydrogens (primary N) is 1. The third kappa shape index (κ3) is 3.40. The fraction of sp³-hybridized carbons (Fsp3) is 0.167. The lowest BCUT2D eigenvalue weighted by Gasteiger charge is -2.07. The molecule has 17 heavy (non-hydrogen) atoms. The van der Waals surface area contributed by atoms with E-state index < -0.39 is 0 Å². The van der Waals surface area contributed by atoms with Gasteiger partial charge < -0.3 is 10.5 Å². The summed E-state index contributed by atoms with van der Waals surface area (Å²) in [4.78, 5) is 1.06. The van der Waals surface area contributed by atoms with Gasteiger partial charge in [-0.15, -0.1) is 23.1 Å². The monoisotopic (exact) mass is 329 g/mol. The minimum absolute atomic E-state index is 0.796. The Hall–Kier alpha value is -0.650. The molecular weight excluding hydrogens is 318 g/mol. The number of thiophene rings is 1. The molecule has 2 aromatic rings. The molecule has 0 unspecified atom stereocenters. The number of nitrogen functional groups attached to an aromatic ring is 1. The van der Waals surface area contributed by atoms with Gasteiger partial charge in [0.05, 0.1) is 10.9 Å². The van der Waals surface area contributed by atoms with Crippen LogP contribution in [-0.2, 0) is 5.75 Å². The maximum Gasteiger partial charge on any atom is 0.120 e. The van der Waals surface area contributed by atoms with Crippen LogP contribution in [0.2, 0.25) is 0 Å². The lowest BCUT2D eigenvalue weighted by Crippen LogP contribution is -1.90. The van der Waals surface area contributed by atoms with Gasteiger partial charge in [0.1, 0.15) is 5.75 Å². The molecule has 5 heteroatoms. The van der Waals surface area contributed by atoms with Gasteiger partial charge in [0.2, 0.25) is 0 Å². The van der Waals surface area contributed by atoms with Crippen molar-refractivity contribution < 1.29 is 4.74 Å². The quantitative estimate of drug-likeness (QED) is 0.667. The van der Waals surface area contributed by atoms with E-state index in [4.69, 9.17) is 10.5 Å². The summed E-state index contributed by atoms with van der Waals surface area (Å²) in [7, 11) is 1.66. The van der Waals surface area contributed by atoms with Crippen LogP contribution in [0.1, 0.15) is 5.56 Å². The zero-order valence-electron chi connectivity index (χ0n) is 9.27. The number of hydrogen-bond donors (Lipinski definition) is 1. The van der Waals surface area contributed by atoms with Crippen molar-refractivity contribution in [1.82, 2.24) is 0 Å². The second-order valence-corrected chi connectivity index (χ2v) is 6.76. The van der Waals surface area contributed by atoms with Crippen molar-refractivity contribution in [3.8, 4) is 5.75 Å². The van der Waals surface area contributed by atoms with Gasteiger partial charge in [-0.3, -0.25) is 0 Å². The van der Waals surface area contributed by atoms with Crippen LogP contribution in [0.15, 0.2) is 38.3 Å². The number of anilines is 1. The van der Waals surface area contributed by atoms with Crippen molar-refractivity contribution in [2.24, 2.45) is 0 Å². The summed E-state index contributed by atoms with van der Waals surface area (Å²) in [5.41, 5.74) is 8.03. The highest BCUT2D eigenvalue weighted by atomic mass is 79.9. The molecule has 0 aliphatic rings. The highest BCUT2D eigenvalue weighted by Gasteiger charge is 2.04. The van der Waals surface area contributed by atoms with Gasteiger partial charge in [0.15, 0.2) is 0 Å². The fourth-order valence-corrected chi connectivity index (χ4v) is 3.59. The molecule has 0 amide bonds. The van der Waals surface area contributed by atoms with Crippen LogP contribution in [-0.4, -0.2) is 7.11 Å². The number of rotatable bonds is 4. The highest BCUT2D eigenvalue weighted by molar-refractivity contribution is 9.11.